The summed E-state index contributed by atoms with van der Waals surface area (Å²) in [6.45, 7) is 2.52. The molecule has 0 aliphatic carbocycles. The van der Waals surface area contributed by atoms with Crippen molar-refractivity contribution >= 4 is 16.9 Å². The SMILES string of the molecule is CCC1CCSC(=NCc2ccc(F)c(F)c2)N1. The molecule has 1 unspecified atom stereocenters. The van der Waals surface area contributed by atoms with E-state index in [4.69, 9.17) is 0 Å². The van der Waals surface area contributed by atoms with Gasteiger partial charge in [0.2, 0.25) is 0 Å². The van der Waals surface area contributed by atoms with Crippen LogP contribution in [-0.2, 0) is 6.54 Å². The molecule has 0 amide bonds. The van der Waals surface area contributed by atoms with Gasteiger partial charge in [-0.3, -0.25) is 4.99 Å². The first-order valence-corrected chi connectivity index (χ1v) is 7.05. The van der Waals surface area contributed by atoms with Gasteiger partial charge in [-0.25, -0.2) is 8.78 Å². The topological polar surface area (TPSA) is 24.4 Å². The lowest BCUT2D eigenvalue weighted by Gasteiger charge is -2.24. The Morgan fingerprint density at radius 2 is 2.22 bits per heavy atom. The molecule has 1 aromatic carbocycles. The molecular formula is C13H16F2N2S. The minimum Gasteiger partial charge on any atom is -0.362 e. The fourth-order valence-corrected chi connectivity index (χ4v) is 2.79. The van der Waals surface area contributed by atoms with Crippen molar-refractivity contribution in [2.45, 2.75) is 32.4 Å². The van der Waals surface area contributed by atoms with Crippen LogP contribution in [0.1, 0.15) is 25.3 Å². The summed E-state index contributed by atoms with van der Waals surface area (Å²) >= 11 is 1.68. The first-order valence-electron chi connectivity index (χ1n) is 6.06. The van der Waals surface area contributed by atoms with Crippen molar-refractivity contribution in [2.24, 2.45) is 4.99 Å². The maximum absolute atomic E-state index is 13.0. The Labute approximate surface area is 110 Å². The summed E-state index contributed by atoms with van der Waals surface area (Å²) in [6.07, 6.45) is 2.22. The molecule has 0 saturated carbocycles. The summed E-state index contributed by atoms with van der Waals surface area (Å²) in [7, 11) is 0. The monoisotopic (exact) mass is 270 g/mol. The lowest BCUT2D eigenvalue weighted by Crippen LogP contribution is -2.37. The number of thioether (sulfide) groups is 1. The maximum atomic E-state index is 13.0. The van der Waals surface area contributed by atoms with Crippen LogP contribution in [0.4, 0.5) is 8.78 Å². The molecule has 2 nitrogen and oxygen atoms in total. The second kappa shape index (κ2) is 6.18. The Kier molecular flexibility index (Phi) is 4.58. The molecule has 1 saturated heterocycles. The number of amidine groups is 1. The highest BCUT2D eigenvalue weighted by atomic mass is 32.2. The highest BCUT2D eigenvalue weighted by Gasteiger charge is 2.15. The van der Waals surface area contributed by atoms with E-state index in [1.54, 1.807) is 17.8 Å². The van der Waals surface area contributed by atoms with Gasteiger partial charge >= 0.3 is 0 Å². The normalized spacial score (nSPS) is 21.9. The molecule has 2 rings (SSSR count). The van der Waals surface area contributed by atoms with Crippen LogP contribution in [0.15, 0.2) is 23.2 Å². The summed E-state index contributed by atoms with van der Waals surface area (Å²) in [6, 6.07) is 4.38. The zero-order valence-corrected chi connectivity index (χ0v) is 11.1. The van der Waals surface area contributed by atoms with Crippen molar-refractivity contribution in [1.82, 2.24) is 5.32 Å². The highest BCUT2D eigenvalue weighted by molar-refractivity contribution is 8.13. The third-order valence-electron chi connectivity index (χ3n) is 2.91. The number of hydrogen-bond acceptors (Lipinski definition) is 2. The van der Waals surface area contributed by atoms with E-state index in [9.17, 15) is 8.78 Å². The van der Waals surface area contributed by atoms with Crippen LogP contribution in [0, 0.1) is 11.6 Å². The standard InChI is InChI=1S/C13H16F2N2S/c1-2-10-5-6-18-13(17-10)16-8-9-3-4-11(14)12(15)7-9/h3-4,7,10H,2,5-6,8H2,1H3,(H,16,17). The molecule has 0 bridgehead atoms. The molecule has 0 spiro atoms. The second-order valence-corrected chi connectivity index (χ2v) is 5.34. The van der Waals surface area contributed by atoms with Crippen LogP contribution in [0.5, 0.6) is 0 Å². The van der Waals surface area contributed by atoms with Crippen molar-refractivity contribution in [3.8, 4) is 0 Å². The molecule has 1 atom stereocenters. The van der Waals surface area contributed by atoms with Crippen LogP contribution < -0.4 is 5.32 Å². The van der Waals surface area contributed by atoms with Crippen molar-refractivity contribution in [3.05, 3.63) is 35.4 Å². The van der Waals surface area contributed by atoms with Crippen LogP contribution in [0.2, 0.25) is 0 Å². The van der Waals surface area contributed by atoms with Gasteiger partial charge in [-0.1, -0.05) is 24.8 Å². The van der Waals surface area contributed by atoms with E-state index in [1.807, 2.05) is 0 Å². The van der Waals surface area contributed by atoms with E-state index >= 15 is 0 Å². The van der Waals surface area contributed by atoms with E-state index in [0.717, 1.165) is 29.8 Å². The molecule has 1 aliphatic heterocycles. The van der Waals surface area contributed by atoms with Gasteiger partial charge in [-0.05, 0) is 30.5 Å². The minimum absolute atomic E-state index is 0.378. The Balaban J connectivity index is 1.99. The molecular weight excluding hydrogens is 254 g/mol. The van der Waals surface area contributed by atoms with Crippen molar-refractivity contribution in [3.63, 3.8) is 0 Å². The predicted octanol–water partition coefficient (Wildman–Crippen LogP) is 3.33. The van der Waals surface area contributed by atoms with Gasteiger partial charge in [0.15, 0.2) is 16.8 Å². The number of hydrogen-bond donors (Lipinski definition) is 1. The first kappa shape index (κ1) is 13.3. The number of benzene rings is 1. The minimum atomic E-state index is -0.817. The lowest BCUT2D eigenvalue weighted by molar-refractivity contribution is 0.507. The Bertz CT molecular complexity index is 449. The molecule has 1 heterocycles. The number of aliphatic imine (C=N–C) groups is 1. The van der Waals surface area contributed by atoms with Crippen LogP contribution in [-0.4, -0.2) is 17.0 Å². The highest BCUT2D eigenvalue weighted by Crippen LogP contribution is 2.17. The first-order chi connectivity index (χ1) is 8.69. The molecule has 0 radical (unpaired) electrons. The Morgan fingerprint density at radius 3 is 2.94 bits per heavy atom. The summed E-state index contributed by atoms with van der Waals surface area (Å²) < 4.78 is 25.8. The van der Waals surface area contributed by atoms with E-state index < -0.39 is 11.6 Å². The predicted molar refractivity (Wildman–Crippen MR) is 71.8 cm³/mol. The second-order valence-electron chi connectivity index (χ2n) is 4.26. The van der Waals surface area contributed by atoms with Crippen molar-refractivity contribution in [1.29, 1.82) is 0 Å². The molecule has 18 heavy (non-hydrogen) atoms. The van der Waals surface area contributed by atoms with Crippen LogP contribution in [0.3, 0.4) is 0 Å². The summed E-state index contributed by atoms with van der Waals surface area (Å²) in [4.78, 5) is 4.40. The fraction of sp³-hybridized carbons (Fsp3) is 0.462. The van der Waals surface area contributed by atoms with Gasteiger partial charge in [0.1, 0.15) is 0 Å². The van der Waals surface area contributed by atoms with Gasteiger partial charge in [-0.2, -0.15) is 0 Å². The number of halogens is 2. The molecule has 98 valence electrons. The van der Waals surface area contributed by atoms with Crippen LogP contribution >= 0.6 is 11.8 Å². The number of nitrogens with one attached hydrogen (secondary N) is 1. The Morgan fingerprint density at radius 1 is 1.39 bits per heavy atom. The average Bonchev–Trinajstić information content (AvgIpc) is 2.40. The summed E-state index contributed by atoms with van der Waals surface area (Å²) in [5.74, 6) is -0.576. The van der Waals surface area contributed by atoms with Crippen LogP contribution in [0.25, 0.3) is 0 Å². The third-order valence-corrected chi connectivity index (χ3v) is 3.87. The van der Waals surface area contributed by atoms with E-state index in [0.29, 0.717) is 18.2 Å². The van der Waals surface area contributed by atoms with Crippen molar-refractivity contribution in [2.75, 3.05) is 5.75 Å². The quantitative estimate of drug-likeness (QED) is 0.911. The van der Waals surface area contributed by atoms with E-state index in [1.165, 1.54) is 6.07 Å². The molecule has 1 aliphatic rings. The third kappa shape index (κ3) is 3.45. The van der Waals surface area contributed by atoms with Gasteiger partial charge in [0.05, 0.1) is 6.54 Å². The van der Waals surface area contributed by atoms with E-state index in [2.05, 4.69) is 17.2 Å². The van der Waals surface area contributed by atoms with E-state index in [-0.39, 0.29) is 0 Å². The van der Waals surface area contributed by atoms with Gasteiger partial charge in [0, 0.05) is 11.8 Å². The average molecular weight is 270 g/mol. The molecule has 1 aromatic rings. The largest absolute Gasteiger partial charge is 0.362 e. The molecule has 1 N–H and O–H groups in total. The zero-order chi connectivity index (χ0) is 13.0. The molecule has 1 fully saturated rings. The van der Waals surface area contributed by atoms with Gasteiger partial charge in [0.25, 0.3) is 0 Å². The zero-order valence-electron chi connectivity index (χ0n) is 10.2. The number of nitrogens with zero attached hydrogens (tertiary/aromatic N) is 1. The maximum Gasteiger partial charge on any atom is 0.159 e. The fourth-order valence-electron chi connectivity index (χ4n) is 1.78. The summed E-state index contributed by atoms with van der Waals surface area (Å²) in [5, 5.41) is 4.25. The van der Waals surface area contributed by atoms with Gasteiger partial charge < -0.3 is 5.32 Å². The van der Waals surface area contributed by atoms with Gasteiger partial charge in [-0.15, -0.1) is 0 Å². The molecule has 0 aromatic heterocycles. The lowest BCUT2D eigenvalue weighted by atomic mass is 10.2. The number of rotatable bonds is 3. The summed E-state index contributed by atoms with van der Waals surface area (Å²) in [5.41, 5.74) is 0.683. The Hall–Kier alpha value is -1.10. The smallest absolute Gasteiger partial charge is 0.159 e. The van der Waals surface area contributed by atoms with Crippen molar-refractivity contribution < 1.29 is 8.78 Å². The molecule has 5 heteroatoms.